The quantitative estimate of drug-likeness (QED) is 0.187. The van der Waals surface area contributed by atoms with Crippen LogP contribution in [0.3, 0.4) is 0 Å². The van der Waals surface area contributed by atoms with E-state index in [9.17, 15) is 5.11 Å². The first-order chi connectivity index (χ1) is 14.4. The van der Waals surface area contributed by atoms with Gasteiger partial charge in [0.25, 0.3) is 0 Å². The predicted molar refractivity (Wildman–Crippen MR) is 141 cm³/mol. The standard InChI is InChI=1S/C27H48OS2/c1-6-8-10-12-14-16-20-29-26(30-21-17-15-13-11-9-7-2)23-18-19-25(28)24(22-23)27(3,4)5/h18-19,22,26,28H,6-17,20-21H2,1-5H3. The molecule has 0 heterocycles. The number of thioether (sulfide) groups is 2. The lowest BCUT2D eigenvalue weighted by Gasteiger charge is -2.24. The van der Waals surface area contributed by atoms with Crippen LogP contribution in [0.4, 0.5) is 0 Å². The van der Waals surface area contributed by atoms with Gasteiger partial charge < -0.3 is 5.11 Å². The molecule has 0 fully saturated rings. The molecule has 0 saturated heterocycles. The molecule has 0 saturated carbocycles. The molecular formula is C27H48OS2. The molecule has 0 unspecified atom stereocenters. The van der Waals surface area contributed by atoms with Gasteiger partial charge in [-0.05, 0) is 53.0 Å². The van der Waals surface area contributed by atoms with E-state index >= 15 is 0 Å². The van der Waals surface area contributed by atoms with E-state index in [1.54, 1.807) is 0 Å². The van der Waals surface area contributed by atoms with Gasteiger partial charge in [-0.2, -0.15) is 0 Å². The van der Waals surface area contributed by atoms with Gasteiger partial charge in [-0.25, -0.2) is 0 Å². The van der Waals surface area contributed by atoms with Crippen LogP contribution >= 0.6 is 23.5 Å². The Morgan fingerprint density at radius 1 is 0.733 bits per heavy atom. The highest BCUT2D eigenvalue weighted by Gasteiger charge is 2.21. The minimum atomic E-state index is -0.0292. The highest BCUT2D eigenvalue weighted by molar-refractivity contribution is 8.16. The third-order valence-corrected chi connectivity index (χ3v) is 8.65. The summed E-state index contributed by atoms with van der Waals surface area (Å²) in [6.45, 7) is 11.1. The Bertz CT molecular complexity index is 532. The fraction of sp³-hybridized carbons (Fsp3) is 0.778. The molecule has 1 aromatic carbocycles. The lowest BCUT2D eigenvalue weighted by Crippen LogP contribution is -2.12. The Kier molecular flexibility index (Phi) is 15.1. The van der Waals surface area contributed by atoms with Crippen molar-refractivity contribution in [3.05, 3.63) is 29.3 Å². The maximum Gasteiger partial charge on any atom is 0.119 e. The van der Waals surface area contributed by atoms with Crippen LogP contribution in [0.5, 0.6) is 5.75 Å². The first-order valence-electron chi connectivity index (χ1n) is 12.5. The summed E-state index contributed by atoms with van der Waals surface area (Å²) < 4.78 is 0.484. The molecule has 0 aliphatic carbocycles. The molecule has 1 nitrogen and oxygen atoms in total. The molecule has 3 heteroatoms. The molecule has 1 N–H and O–H groups in total. The zero-order valence-corrected chi connectivity index (χ0v) is 22.1. The summed E-state index contributed by atoms with van der Waals surface area (Å²) in [4.78, 5) is 0. The summed E-state index contributed by atoms with van der Waals surface area (Å²) >= 11 is 4.23. The maximum atomic E-state index is 10.4. The van der Waals surface area contributed by atoms with E-state index < -0.39 is 0 Å². The molecule has 1 rings (SSSR count). The Morgan fingerprint density at radius 3 is 1.67 bits per heavy atom. The summed E-state index contributed by atoms with van der Waals surface area (Å²) in [5.74, 6) is 2.92. The third kappa shape index (κ3) is 11.9. The fourth-order valence-electron chi connectivity index (χ4n) is 3.69. The molecule has 0 aliphatic rings. The van der Waals surface area contributed by atoms with E-state index in [-0.39, 0.29) is 5.41 Å². The second-order valence-corrected chi connectivity index (χ2v) is 12.4. The van der Waals surface area contributed by atoms with Crippen molar-refractivity contribution in [2.45, 2.75) is 122 Å². The van der Waals surface area contributed by atoms with Gasteiger partial charge in [0.2, 0.25) is 0 Å². The van der Waals surface area contributed by atoms with E-state index in [1.807, 2.05) is 6.07 Å². The van der Waals surface area contributed by atoms with Crippen molar-refractivity contribution in [2.75, 3.05) is 11.5 Å². The van der Waals surface area contributed by atoms with Gasteiger partial charge in [0, 0.05) is 0 Å². The molecule has 0 spiro atoms. The van der Waals surface area contributed by atoms with Crippen LogP contribution in [0, 0.1) is 0 Å². The average Bonchev–Trinajstić information content (AvgIpc) is 2.70. The molecule has 0 amide bonds. The van der Waals surface area contributed by atoms with Gasteiger partial charge in [0.05, 0.1) is 4.58 Å². The highest BCUT2D eigenvalue weighted by atomic mass is 32.2. The Balaban J connectivity index is 2.61. The number of rotatable bonds is 17. The summed E-state index contributed by atoms with van der Waals surface area (Å²) in [6, 6.07) is 6.33. The fourth-order valence-corrected chi connectivity index (χ4v) is 6.50. The van der Waals surface area contributed by atoms with Crippen molar-refractivity contribution >= 4 is 23.5 Å². The second-order valence-electron chi connectivity index (χ2n) is 9.64. The first kappa shape index (κ1) is 27.8. The SMILES string of the molecule is CCCCCCCCSC(SCCCCCCCC)c1ccc(O)c(C(C)(C)C)c1. The molecule has 30 heavy (non-hydrogen) atoms. The second kappa shape index (κ2) is 16.4. The van der Waals surface area contributed by atoms with Gasteiger partial charge >= 0.3 is 0 Å². The van der Waals surface area contributed by atoms with E-state index in [0.717, 1.165) is 5.56 Å². The average molecular weight is 453 g/mol. The lowest BCUT2D eigenvalue weighted by atomic mass is 9.85. The maximum absolute atomic E-state index is 10.4. The summed E-state index contributed by atoms with van der Waals surface area (Å²) in [6.07, 6.45) is 16.4. The van der Waals surface area contributed by atoms with Crippen molar-refractivity contribution in [2.24, 2.45) is 0 Å². The van der Waals surface area contributed by atoms with Gasteiger partial charge in [0.1, 0.15) is 5.75 Å². The molecule has 0 atom stereocenters. The molecule has 0 aliphatic heterocycles. The zero-order valence-electron chi connectivity index (χ0n) is 20.5. The van der Waals surface area contributed by atoms with Crippen LogP contribution in [0.2, 0.25) is 0 Å². The van der Waals surface area contributed by atoms with Crippen LogP contribution in [-0.2, 0) is 5.41 Å². The summed E-state index contributed by atoms with van der Waals surface area (Å²) in [5, 5.41) is 10.4. The smallest absolute Gasteiger partial charge is 0.119 e. The van der Waals surface area contributed by atoms with Crippen LogP contribution in [0.1, 0.15) is 127 Å². The van der Waals surface area contributed by atoms with Gasteiger partial charge in [-0.1, -0.05) is 105 Å². The monoisotopic (exact) mass is 452 g/mol. The number of phenols is 1. The Hall–Kier alpha value is -0.280. The summed E-state index contributed by atoms with van der Waals surface area (Å²) in [7, 11) is 0. The van der Waals surface area contributed by atoms with Crippen LogP contribution in [-0.4, -0.2) is 16.6 Å². The van der Waals surface area contributed by atoms with E-state index in [1.165, 1.54) is 94.1 Å². The minimum Gasteiger partial charge on any atom is -0.508 e. The topological polar surface area (TPSA) is 20.2 Å². The number of hydrogen-bond donors (Lipinski definition) is 1. The van der Waals surface area contributed by atoms with E-state index in [4.69, 9.17) is 0 Å². The Labute approximate surface area is 196 Å². The van der Waals surface area contributed by atoms with Crippen molar-refractivity contribution in [3.8, 4) is 5.75 Å². The molecule has 174 valence electrons. The normalized spacial score (nSPS) is 12.1. The number of phenolic OH excluding ortho intramolecular Hbond substituents is 1. The van der Waals surface area contributed by atoms with Crippen molar-refractivity contribution < 1.29 is 5.11 Å². The van der Waals surface area contributed by atoms with Crippen molar-refractivity contribution in [1.29, 1.82) is 0 Å². The van der Waals surface area contributed by atoms with Crippen molar-refractivity contribution in [1.82, 2.24) is 0 Å². The number of unbranched alkanes of at least 4 members (excludes halogenated alkanes) is 10. The largest absolute Gasteiger partial charge is 0.508 e. The molecule has 0 aromatic heterocycles. The minimum absolute atomic E-state index is 0.0292. The zero-order chi connectivity index (χ0) is 22.2. The number of hydrogen-bond acceptors (Lipinski definition) is 3. The molecular weight excluding hydrogens is 404 g/mol. The Morgan fingerprint density at radius 2 is 1.20 bits per heavy atom. The van der Waals surface area contributed by atoms with Crippen LogP contribution in [0.15, 0.2) is 18.2 Å². The third-order valence-electron chi connectivity index (χ3n) is 5.64. The summed E-state index contributed by atoms with van der Waals surface area (Å²) in [5.41, 5.74) is 2.42. The van der Waals surface area contributed by atoms with Crippen LogP contribution < -0.4 is 0 Å². The lowest BCUT2D eigenvalue weighted by molar-refractivity contribution is 0.446. The van der Waals surface area contributed by atoms with E-state index in [2.05, 4.69) is 70.3 Å². The highest BCUT2D eigenvalue weighted by Crippen LogP contribution is 2.43. The first-order valence-corrected chi connectivity index (χ1v) is 14.6. The molecule has 0 radical (unpaired) electrons. The predicted octanol–water partition coefficient (Wildman–Crippen LogP) is 9.88. The van der Waals surface area contributed by atoms with Gasteiger partial charge in [-0.3, -0.25) is 0 Å². The number of benzene rings is 1. The van der Waals surface area contributed by atoms with E-state index in [0.29, 0.717) is 10.3 Å². The van der Waals surface area contributed by atoms with Gasteiger partial charge in [-0.15, -0.1) is 23.5 Å². The molecule has 0 bridgehead atoms. The van der Waals surface area contributed by atoms with Crippen molar-refractivity contribution in [3.63, 3.8) is 0 Å². The van der Waals surface area contributed by atoms with Crippen LogP contribution in [0.25, 0.3) is 0 Å². The number of aromatic hydroxyl groups is 1. The molecule has 1 aromatic rings. The van der Waals surface area contributed by atoms with Gasteiger partial charge in [0.15, 0.2) is 0 Å².